The molecule has 5 rings (SSSR count). The summed E-state index contributed by atoms with van der Waals surface area (Å²) in [5, 5.41) is 18.6. The number of rotatable bonds is 7. The van der Waals surface area contributed by atoms with E-state index in [9.17, 15) is 4.39 Å². The summed E-state index contributed by atoms with van der Waals surface area (Å²) in [6, 6.07) is 12.7. The Morgan fingerprint density at radius 3 is 2.81 bits per heavy atom. The van der Waals surface area contributed by atoms with Gasteiger partial charge in [0.1, 0.15) is 5.82 Å². The molecule has 0 fully saturated rings. The number of anilines is 1. The van der Waals surface area contributed by atoms with Crippen LogP contribution in [0.25, 0.3) is 10.2 Å². The van der Waals surface area contributed by atoms with Crippen molar-refractivity contribution in [3.63, 3.8) is 0 Å². The first-order valence-corrected chi connectivity index (χ1v) is 12.3. The lowest BCUT2D eigenvalue weighted by molar-refractivity contribution is 0.593. The molecule has 6 nitrogen and oxygen atoms in total. The number of benzene rings is 2. The number of thiazole rings is 1. The molecule has 3 heterocycles. The maximum atomic E-state index is 13.3. The summed E-state index contributed by atoms with van der Waals surface area (Å²) >= 11 is 3.20. The molecule has 0 saturated heterocycles. The lowest BCUT2D eigenvalue weighted by atomic mass is 10.0. The zero-order valence-electron chi connectivity index (χ0n) is 17.9. The Bertz CT molecular complexity index is 1280. The highest BCUT2D eigenvalue weighted by Crippen LogP contribution is 2.34. The topological polar surface area (TPSA) is 68.0 Å². The minimum atomic E-state index is -0.247. The predicted octanol–water partition coefficient (Wildman–Crippen LogP) is 5.83. The van der Waals surface area contributed by atoms with Gasteiger partial charge in [-0.15, -0.1) is 10.2 Å². The lowest BCUT2D eigenvalue weighted by Crippen LogP contribution is -2.15. The number of nitrogens with one attached hydrogen (secondary N) is 1. The van der Waals surface area contributed by atoms with Crippen LogP contribution in [-0.4, -0.2) is 32.1 Å². The van der Waals surface area contributed by atoms with Crippen LogP contribution in [0.4, 0.5) is 9.52 Å². The van der Waals surface area contributed by atoms with Gasteiger partial charge in [0.15, 0.2) is 11.0 Å². The third-order valence-electron chi connectivity index (χ3n) is 5.53. The van der Waals surface area contributed by atoms with Crippen molar-refractivity contribution >= 4 is 44.2 Å². The van der Waals surface area contributed by atoms with Gasteiger partial charge in [0.25, 0.3) is 0 Å². The summed E-state index contributed by atoms with van der Waals surface area (Å²) < 4.78 is 16.2. The van der Waals surface area contributed by atoms with Crippen LogP contribution in [-0.2, 0) is 6.42 Å². The van der Waals surface area contributed by atoms with E-state index in [2.05, 4.69) is 41.5 Å². The second kappa shape index (κ2) is 8.99. The smallest absolute Gasteiger partial charge is 0.216 e. The normalized spacial score (nSPS) is 14.3. The molecule has 0 amide bonds. The van der Waals surface area contributed by atoms with Gasteiger partial charge in [0.05, 0.1) is 15.9 Å². The molecule has 1 aliphatic rings. The third kappa shape index (κ3) is 4.40. The maximum Gasteiger partial charge on any atom is 0.216 e. The average molecular weight is 467 g/mol. The summed E-state index contributed by atoms with van der Waals surface area (Å²) in [6.07, 6.45) is 2.66. The van der Waals surface area contributed by atoms with Crippen molar-refractivity contribution in [1.82, 2.24) is 19.9 Å². The highest BCUT2D eigenvalue weighted by Gasteiger charge is 2.20. The minimum absolute atomic E-state index is 0.247. The van der Waals surface area contributed by atoms with Gasteiger partial charge in [-0.3, -0.25) is 0 Å². The van der Waals surface area contributed by atoms with Crippen LogP contribution in [0.3, 0.4) is 0 Å². The standard InChI is InChI=1S/C23H23FN6S2/c1-3-14(2)13-25-22-26-19-9-8-17(12-20(19)32-22)31-23-28-27-21-11-10-18(29-30(21)23)15-4-6-16(24)7-5-15/h4-9,12,14H,3,10-11,13H2,1-2H3,(H,25,26). The molecule has 0 radical (unpaired) electrons. The Morgan fingerprint density at radius 2 is 2.00 bits per heavy atom. The fourth-order valence-electron chi connectivity index (χ4n) is 3.42. The summed E-state index contributed by atoms with van der Waals surface area (Å²) in [4.78, 5) is 5.76. The molecule has 4 aromatic rings. The van der Waals surface area contributed by atoms with E-state index in [1.54, 1.807) is 23.5 Å². The molecule has 0 saturated carbocycles. The van der Waals surface area contributed by atoms with E-state index in [-0.39, 0.29) is 5.82 Å². The molecule has 1 N–H and O–H groups in total. The zero-order chi connectivity index (χ0) is 22.1. The van der Waals surface area contributed by atoms with Crippen LogP contribution in [0.5, 0.6) is 0 Å². The van der Waals surface area contributed by atoms with E-state index >= 15 is 0 Å². The number of hydrogen-bond acceptors (Lipinski definition) is 7. The van der Waals surface area contributed by atoms with Crippen LogP contribution < -0.4 is 5.32 Å². The van der Waals surface area contributed by atoms with Crippen molar-refractivity contribution in [2.24, 2.45) is 11.0 Å². The molecule has 1 aliphatic heterocycles. The van der Waals surface area contributed by atoms with Crippen LogP contribution in [0.15, 0.2) is 57.6 Å². The maximum absolute atomic E-state index is 13.3. The Morgan fingerprint density at radius 1 is 1.16 bits per heavy atom. The highest BCUT2D eigenvalue weighted by molar-refractivity contribution is 7.99. The monoisotopic (exact) mass is 466 g/mol. The molecule has 32 heavy (non-hydrogen) atoms. The zero-order valence-corrected chi connectivity index (χ0v) is 19.5. The number of aryl methyl sites for hydroxylation is 1. The van der Waals surface area contributed by atoms with E-state index in [0.29, 0.717) is 5.92 Å². The van der Waals surface area contributed by atoms with Gasteiger partial charge >= 0.3 is 0 Å². The van der Waals surface area contributed by atoms with Crippen molar-refractivity contribution in [1.29, 1.82) is 0 Å². The van der Waals surface area contributed by atoms with Gasteiger partial charge in [0, 0.05) is 17.9 Å². The molecule has 2 aromatic heterocycles. The lowest BCUT2D eigenvalue weighted by Gasteiger charge is -2.14. The molecule has 164 valence electrons. The summed E-state index contributed by atoms with van der Waals surface area (Å²) in [5.74, 6) is 1.21. The van der Waals surface area contributed by atoms with Gasteiger partial charge < -0.3 is 5.32 Å². The second-order valence-electron chi connectivity index (χ2n) is 7.91. The van der Waals surface area contributed by atoms with Gasteiger partial charge in [-0.25, -0.2) is 9.37 Å². The van der Waals surface area contributed by atoms with Crippen LogP contribution in [0, 0.1) is 11.7 Å². The van der Waals surface area contributed by atoms with Gasteiger partial charge in [0.2, 0.25) is 5.16 Å². The average Bonchev–Trinajstić information content (AvgIpc) is 3.41. The van der Waals surface area contributed by atoms with E-state index in [0.717, 1.165) is 68.3 Å². The molecular weight excluding hydrogens is 443 g/mol. The van der Waals surface area contributed by atoms with Crippen molar-refractivity contribution in [3.8, 4) is 0 Å². The van der Waals surface area contributed by atoms with Gasteiger partial charge in [-0.1, -0.05) is 43.7 Å². The first-order valence-electron chi connectivity index (χ1n) is 10.7. The SMILES string of the molecule is CCC(C)CNc1nc2ccc(Sc3nnc4n3N=C(c3ccc(F)cc3)CC4)cc2s1. The van der Waals surface area contributed by atoms with Gasteiger partial charge in [-0.2, -0.15) is 9.78 Å². The molecule has 0 bridgehead atoms. The van der Waals surface area contributed by atoms with Crippen LogP contribution >= 0.6 is 23.1 Å². The molecule has 1 atom stereocenters. The quantitative estimate of drug-likeness (QED) is 0.371. The van der Waals surface area contributed by atoms with Crippen molar-refractivity contribution in [2.45, 2.75) is 43.2 Å². The fourth-order valence-corrected chi connectivity index (χ4v) is 5.24. The highest BCUT2D eigenvalue weighted by atomic mass is 32.2. The molecule has 9 heteroatoms. The number of halogens is 1. The number of hydrogen-bond donors (Lipinski definition) is 1. The third-order valence-corrected chi connectivity index (χ3v) is 7.43. The van der Waals surface area contributed by atoms with Crippen molar-refractivity contribution in [2.75, 3.05) is 11.9 Å². The minimum Gasteiger partial charge on any atom is -0.361 e. The van der Waals surface area contributed by atoms with E-state index < -0.39 is 0 Å². The van der Waals surface area contributed by atoms with Crippen LogP contribution in [0.1, 0.15) is 38.1 Å². The first kappa shape index (κ1) is 21.1. The van der Waals surface area contributed by atoms with E-state index in [1.807, 2.05) is 10.7 Å². The largest absolute Gasteiger partial charge is 0.361 e. The Hall–Kier alpha value is -2.78. The number of nitrogens with zero attached hydrogens (tertiary/aromatic N) is 5. The Labute approximate surface area is 194 Å². The first-order chi connectivity index (χ1) is 15.6. The van der Waals surface area contributed by atoms with Gasteiger partial charge in [-0.05, 0) is 60.0 Å². The van der Waals surface area contributed by atoms with E-state index in [4.69, 9.17) is 10.1 Å². The van der Waals surface area contributed by atoms with Crippen molar-refractivity contribution in [3.05, 3.63) is 59.7 Å². The van der Waals surface area contributed by atoms with Crippen molar-refractivity contribution < 1.29 is 4.39 Å². The molecule has 0 aliphatic carbocycles. The predicted molar refractivity (Wildman–Crippen MR) is 128 cm³/mol. The summed E-state index contributed by atoms with van der Waals surface area (Å²) in [5.41, 5.74) is 2.82. The number of aromatic nitrogens is 4. The second-order valence-corrected chi connectivity index (χ2v) is 9.98. The Kier molecular flexibility index (Phi) is 5.93. The number of fused-ring (bicyclic) bond motifs is 2. The van der Waals surface area contributed by atoms with E-state index in [1.165, 1.54) is 23.9 Å². The fraction of sp³-hybridized carbons (Fsp3) is 0.304. The molecule has 0 spiro atoms. The Balaban J connectivity index is 1.37. The molecular formula is C23H23FN6S2. The molecule has 1 unspecified atom stereocenters. The molecule has 2 aromatic carbocycles. The summed E-state index contributed by atoms with van der Waals surface area (Å²) in [7, 11) is 0. The summed E-state index contributed by atoms with van der Waals surface area (Å²) in [6.45, 7) is 5.36. The van der Waals surface area contributed by atoms with Crippen LogP contribution in [0.2, 0.25) is 0 Å².